The molecule has 0 saturated carbocycles. The molecule has 114 valence electrons. The molecule has 22 heavy (non-hydrogen) atoms. The number of carbonyl (C=O) groups is 1. The van der Waals surface area contributed by atoms with Crippen molar-refractivity contribution in [1.82, 2.24) is 15.3 Å². The predicted molar refractivity (Wildman–Crippen MR) is 83.9 cm³/mol. The Bertz CT molecular complexity index is 784. The van der Waals surface area contributed by atoms with Crippen LogP contribution in [-0.2, 0) is 17.8 Å². The molecule has 0 saturated heterocycles. The van der Waals surface area contributed by atoms with Gasteiger partial charge in [-0.2, -0.15) is 0 Å². The van der Waals surface area contributed by atoms with Gasteiger partial charge in [-0.05, 0) is 29.7 Å². The summed E-state index contributed by atoms with van der Waals surface area (Å²) in [6.45, 7) is 0.385. The molecule has 1 amide bonds. The Labute approximate surface area is 130 Å². The van der Waals surface area contributed by atoms with Gasteiger partial charge in [0.05, 0.1) is 18.9 Å². The van der Waals surface area contributed by atoms with E-state index in [-0.39, 0.29) is 11.7 Å². The van der Waals surface area contributed by atoms with Crippen molar-refractivity contribution < 1.29 is 9.18 Å². The highest BCUT2D eigenvalue weighted by molar-refractivity contribution is 7.19. The molecule has 7 heteroatoms. The molecule has 0 unspecified atom stereocenters. The molecule has 2 heterocycles. The van der Waals surface area contributed by atoms with Crippen molar-refractivity contribution in [3.05, 3.63) is 53.2 Å². The number of thiophene rings is 1. The molecular formula is C15H15FN4OS. The van der Waals surface area contributed by atoms with Gasteiger partial charge in [-0.25, -0.2) is 9.37 Å². The van der Waals surface area contributed by atoms with Crippen molar-refractivity contribution in [2.24, 2.45) is 5.73 Å². The highest BCUT2D eigenvalue weighted by Gasteiger charge is 2.15. The van der Waals surface area contributed by atoms with E-state index in [1.807, 2.05) is 6.07 Å². The van der Waals surface area contributed by atoms with Gasteiger partial charge in [0.2, 0.25) is 5.91 Å². The average Bonchev–Trinajstić information content (AvgIpc) is 3.13. The molecule has 3 rings (SSSR count). The fourth-order valence-electron chi connectivity index (χ4n) is 2.19. The molecule has 1 aromatic carbocycles. The van der Waals surface area contributed by atoms with E-state index in [9.17, 15) is 9.18 Å². The van der Waals surface area contributed by atoms with E-state index in [0.29, 0.717) is 13.0 Å². The smallest absolute Gasteiger partial charge is 0.237 e. The fraction of sp³-hybridized carbons (Fsp3) is 0.200. The van der Waals surface area contributed by atoms with Crippen LogP contribution < -0.4 is 11.1 Å². The topological polar surface area (TPSA) is 83.8 Å². The van der Waals surface area contributed by atoms with Gasteiger partial charge in [-0.3, -0.25) is 4.79 Å². The first-order valence-electron chi connectivity index (χ1n) is 6.80. The lowest BCUT2D eigenvalue weighted by atomic mass is 10.1. The molecule has 0 radical (unpaired) electrons. The second-order valence-electron chi connectivity index (χ2n) is 5.00. The van der Waals surface area contributed by atoms with E-state index in [1.165, 1.54) is 23.5 Å². The van der Waals surface area contributed by atoms with Crippen LogP contribution in [0.25, 0.3) is 10.1 Å². The Morgan fingerprint density at radius 3 is 3.09 bits per heavy atom. The van der Waals surface area contributed by atoms with Gasteiger partial charge in [-0.1, -0.05) is 0 Å². The second kappa shape index (κ2) is 6.25. The largest absolute Gasteiger partial charge is 0.350 e. The maximum atomic E-state index is 13.2. The third-order valence-corrected chi connectivity index (χ3v) is 4.41. The minimum absolute atomic E-state index is 0.224. The number of halogens is 1. The average molecular weight is 318 g/mol. The van der Waals surface area contributed by atoms with Crippen LogP contribution in [0.5, 0.6) is 0 Å². The van der Waals surface area contributed by atoms with Gasteiger partial charge in [0.25, 0.3) is 0 Å². The van der Waals surface area contributed by atoms with Gasteiger partial charge in [0, 0.05) is 27.9 Å². The van der Waals surface area contributed by atoms with Gasteiger partial charge < -0.3 is 16.0 Å². The van der Waals surface area contributed by atoms with Gasteiger partial charge in [0.1, 0.15) is 5.82 Å². The number of hydrogen-bond acceptors (Lipinski definition) is 4. The van der Waals surface area contributed by atoms with E-state index in [1.54, 1.807) is 18.6 Å². The molecule has 5 nitrogen and oxygen atoms in total. The number of carbonyl (C=O) groups excluding carboxylic acids is 1. The summed E-state index contributed by atoms with van der Waals surface area (Å²) in [5.74, 6) is -0.485. The van der Waals surface area contributed by atoms with Crippen LogP contribution in [-0.4, -0.2) is 21.9 Å². The number of aromatic amines is 1. The van der Waals surface area contributed by atoms with Crippen molar-refractivity contribution in [1.29, 1.82) is 0 Å². The van der Waals surface area contributed by atoms with Gasteiger partial charge in [0.15, 0.2) is 0 Å². The predicted octanol–water partition coefficient (Wildman–Crippen LogP) is 1.95. The Balaban J connectivity index is 1.59. The van der Waals surface area contributed by atoms with Crippen molar-refractivity contribution in [2.45, 2.75) is 19.0 Å². The number of H-pyrrole nitrogens is 1. The van der Waals surface area contributed by atoms with Crippen molar-refractivity contribution in [2.75, 3.05) is 0 Å². The van der Waals surface area contributed by atoms with E-state index in [2.05, 4.69) is 15.3 Å². The zero-order chi connectivity index (χ0) is 15.5. The van der Waals surface area contributed by atoms with Crippen LogP contribution in [0.3, 0.4) is 0 Å². The van der Waals surface area contributed by atoms with Crippen molar-refractivity contribution in [3.63, 3.8) is 0 Å². The quantitative estimate of drug-likeness (QED) is 0.672. The van der Waals surface area contributed by atoms with Gasteiger partial charge in [-0.15, -0.1) is 11.3 Å². The molecule has 4 N–H and O–H groups in total. The van der Waals surface area contributed by atoms with Crippen LogP contribution in [0.15, 0.2) is 36.8 Å². The molecular weight excluding hydrogens is 303 g/mol. The number of benzene rings is 1. The lowest BCUT2D eigenvalue weighted by Crippen LogP contribution is -2.41. The summed E-state index contributed by atoms with van der Waals surface area (Å²) in [7, 11) is 0. The number of fused-ring (bicyclic) bond motifs is 1. The zero-order valence-electron chi connectivity index (χ0n) is 11.7. The monoisotopic (exact) mass is 318 g/mol. The number of imidazole rings is 1. The number of rotatable bonds is 5. The lowest BCUT2D eigenvalue weighted by Gasteiger charge is -2.10. The fourth-order valence-corrected chi connectivity index (χ4v) is 3.17. The van der Waals surface area contributed by atoms with E-state index < -0.39 is 6.04 Å². The van der Waals surface area contributed by atoms with E-state index >= 15 is 0 Å². The lowest BCUT2D eigenvalue weighted by molar-refractivity contribution is -0.122. The van der Waals surface area contributed by atoms with Gasteiger partial charge >= 0.3 is 0 Å². The number of aromatic nitrogens is 2. The first-order chi connectivity index (χ1) is 10.6. The van der Waals surface area contributed by atoms with Crippen LogP contribution in [0, 0.1) is 5.82 Å². The SMILES string of the molecule is N[C@@H](Cc1cnc[nH]1)C(=O)NCc1cc2cc(F)ccc2s1. The maximum absolute atomic E-state index is 13.2. The summed E-state index contributed by atoms with van der Waals surface area (Å²) < 4.78 is 14.1. The Morgan fingerprint density at radius 2 is 2.32 bits per heavy atom. The Morgan fingerprint density at radius 1 is 1.45 bits per heavy atom. The molecule has 2 aromatic heterocycles. The highest BCUT2D eigenvalue weighted by Crippen LogP contribution is 2.26. The molecule has 0 bridgehead atoms. The molecule has 0 fully saturated rings. The Kier molecular flexibility index (Phi) is 4.17. The second-order valence-corrected chi connectivity index (χ2v) is 6.17. The molecule has 3 aromatic rings. The first-order valence-corrected chi connectivity index (χ1v) is 7.62. The van der Waals surface area contributed by atoms with Crippen LogP contribution in [0.4, 0.5) is 4.39 Å². The van der Waals surface area contributed by atoms with E-state index in [4.69, 9.17) is 5.73 Å². The van der Waals surface area contributed by atoms with E-state index in [0.717, 1.165) is 20.7 Å². The van der Waals surface area contributed by atoms with Crippen LogP contribution in [0.2, 0.25) is 0 Å². The summed E-state index contributed by atoms with van der Waals surface area (Å²) in [5, 5.41) is 3.65. The third-order valence-electron chi connectivity index (χ3n) is 3.30. The summed E-state index contributed by atoms with van der Waals surface area (Å²) >= 11 is 1.53. The normalized spacial score (nSPS) is 12.5. The molecule has 0 spiro atoms. The van der Waals surface area contributed by atoms with Crippen molar-refractivity contribution >= 4 is 27.3 Å². The van der Waals surface area contributed by atoms with Crippen LogP contribution in [0.1, 0.15) is 10.6 Å². The van der Waals surface area contributed by atoms with Crippen molar-refractivity contribution in [3.8, 4) is 0 Å². The maximum Gasteiger partial charge on any atom is 0.237 e. The Hall–Kier alpha value is -2.25. The molecule has 0 aliphatic heterocycles. The number of hydrogen-bond donors (Lipinski definition) is 3. The standard InChI is InChI=1S/C15H15FN4OS/c16-10-1-2-14-9(3-10)4-12(22-14)7-19-15(21)13(17)5-11-6-18-8-20-11/h1-4,6,8,13H,5,7,17H2,(H,18,20)(H,19,21)/t13-/m0/s1. The number of amides is 1. The summed E-state index contributed by atoms with van der Waals surface area (Å²) in [6, 6.07) is 5.91. The highest BCUT2D eigenvalue weighted by atomic mass is 32.1. The van der Waals surface area contributed by atoms with Crippen LogP contribution >= 0.6 is 11.3 Å². The number of nitrogens with zero attached hydrogens (tertiary/aromatic N) is 1. The number of nitrogens with one attached hydrogen (secondary N) is 2. The third kappa shape index (κ3) is 3.32. The minimum atomic E-state index is -0.632. The molecule has 1 atom stereocenters. The minimum Gasteiger partial charge on any atom is -0.350 e. The molecule has 0 aliphatic rings. The first kappa shape index (κ1) is 14.7. The number of nitrogens with two attached hydrogens (primary N) is 1. The zero-order valence-corrected chi connectivity index (χ0v) is 12.5. The summed E-state index contributed by atoms with van der Waals surface area (Å²) in [6.07, 6.45) is 3.60. The summed E-state index contributed by atoms with van der Waals surface area (Å²) in [5.41, 5.74) is 6.68. The summed E-state index contributed by atoms with van der Waals surface area (Å²) in [4.78, 5) is 19.7. The molecule has 0 aliphatic carbocycles.